The van der Waals surface area contributed by atoms with Crippen LogP contribution < -0.4 is 10.6 Å². The van der Waals surface area contributed by atoms with E-state index in [4.69, 9.17) is 4.74 Å². The van der Waals surface area contributed by atoms with Crippen molar-refractivity contribution >= 4 is 23.5 Å². The molecule has 3 aromatic rings. The molecule has 0 radical (unpaired) electrons. The highest BCUT2D eigenvalue weighted by molar-refractivity contribution is 6.10. The number of pyridine rings is 1. The van der Waals surface area contributed by atoms with Gasteiger partial charge in [0.15, 0.2) is 0 Å². The van der Waals surface area contributed by atoms with Crippen LogP contribution in [-0.4, -0.2) is 29.4 Å². The average molecular weight is 420 g/mol. The van der Waals surface area contributed by atoms with Crippen LogP contribution >= 0.6 is 0 Å². The van der Waals surface area contributed by atoms with Crippen LogP contribution in [-0.2, 0) is 11.3 Å². The number of ether oxygens (including phenoxy) is 1. The van der Waals surface area contributed by atoms with Crippen LogP contribution in [0.2, 0.25) is 0 Å². The van der Waals surface area contributed by atoms with E-state index in [1.165, 1.54) is 24.3 Å². The topological polar surface area (TPSA) is 92.7 Å². The van der Waals surface area contributed by atoms with Crippen molar-refractivity contribution in [3.8, 4) is 0 Å². The number of guanidine groups is 1. The van der Waals surface area contributed by atoms with Gasteiger partial charge in [0.05, 0.1) is 24.4 Å². The van der Waals surface area contributed by atoms with Gasteiger partial charge in [-0.05, 0) is 67.6 Å². The lowest BCUT2D eigenvalue weighted by Crippen LogP contribution is -2.36. The van der Waals surface area contributed by atoms with Gasteiger partial charge in [0.2, 0.25) is 5.96 Å². The van der Waals surface area contributed by atoms with Crippen molar-refractivity contribution < 1.29 is 18.7 Å². The Morgan fingerprint density at radius 1 is 1.00 bits per heavy atom. The second-order valence-electron chi connectivity index (χ2n) is 6.37. The van der Waals surface area contributed by atoms with Crippen LogP contribution in [0.15, 0.2) is 77.9 Å². The summed E-state index contributed by atoms with van der Waals surface area (Å²) in [5, 5.41) is 5.71. The molecule has 158 valence electrons. The molecule has 2 N–H and O–H groups in total. The number of hydrogen-bond donors (Lipinski definition) is 2. The number of amides is 1. The van der Waals surface area contributed by atoms with Crippen LogP contribution in [0.1, 0.15) is 33.3 Å². The molecular weight excluding hydrogens is 399 g/mol. The molecule has 3 rings (SSSR count). The van der Waals surface area contributed by atoms with Crippen LogP contribution in [0.3, 0.4) is 0 Å². The molecule has 0 aliphatic heterocycles. The normalized spacial score (nSPS) is 11.0. The summed E-state index contributed by atoms with van der Waals surface area (Å²) < 4.78 is 18.1. The number of anilines is 1. The number of carbonyl (C=O) groups is 2. The number of rotatable bonds is 6. The fourth-order valence-electron chi connectivity index (χ4n) is 2.58. The Morgan fingerprint density at radius 2 is 1.71 bits per heavy atom. The standard InChI is InChI=1S/C23H21FN4O3/c1-2-31-22(30)17-8-12-19(13-9-17)27-23(26-15-20-5-3-4-14-25-20)28-21(29)16-6-10-18(24)11-7-16/h3-14H,2,15H2,1H3,(H2,26,27,28,29). The van der Waals surface area contributed by atoms with Crippen LogP contribution in [0, 0.1) is 5.82 Å². The van der Waals surface area contributed by atoms with Crippen molar-refractivity contribution in [1.82, 2.24) is 10.3 Å². The van der Waals surface area contributed by atoms with E-state index < -0.39 is 17.7 Å². The Morgan fingerprint density at radius 3 is 2.35 bits per heavy atom. The van der Waals surface area contributed by atoms with E-state index in [0.29, 0.717) is 17.9 Å². The molecular formula is C23H21FN4O3. The highest BCUT2D eigenvalue weighted by Gasteiger charge is 2.11. The Hall–Kier alpha value is -4.07. The quantitative estimate of drug-likeness (QED) is 0.360. The zero-order valence-electron chi connectivity index (χ0n) is 16.8. The zero-order chi connectivity index (χ0) is 22.1. The first-order valence-electron chi connectivity index (χ1n) is 9.60. The molecule has 7 nitrogen and oxygen atoms in total. The lowest BCUT2D eigenvalue weighted by molar-refractivity contribution is 0.0526. The molecule has 31 heavy (non-hydrogen) atoms. The smallest absolute Gasteiger partial charge is 0.338 e. The third-order valence-electron chi connectivity index (χ3n) is 4.12. The predicted molar refractivity (Wildman–Crippen MR) is 115 cm³/mol. The molecule has 0 bridgehead atoms. The summed E-state index contributed by atoms with van der Waals surface area (Å²) in [4.78, 5) is 33.0. The van der Waals surface area contributed by atoms with Gasteiger partial charge >= 0.3 is 5.97 Å². The van der Waals surface area contributed by atoms with E-state index in [-0.39, 0.29) is 18.1 Å². The minimum absolute atomic E-state index is 0.184. The monoisotopic (exact) mass is 420 g/mol. The molecule has 0 spiro atoms. The molecule has 0 aliphatic carbocycles. The number of aromatic nitrogens is 1. The molecule has 0 fully saturated rings. The van der Waals surface area contributed by atoms with Gasteiger partial charge in [0.25, 0.3) is 5.91 Å². The van der Waals surface area contributed by atoms with Crippen LogP contribution in [0.5, 0.6) is 0 Å². The Balaban J connectivity index is 1.77. The third-order valence-corrected chi connectivity index (χ3v) is 4.12. The summed E-state index contributed by atoms with van der Waals surface area (Å²) in [7, 11) is 0. The van der Waals surface area contributed by atoms with Gasteiger partial charge < -0.3 is 10.1 Å². The number of esters is 1. The summed E-state index contributed by atoms with van der Waals surface area (Å²) in [6, 6.07) is 17.2. The summed E-state index contributed by atoms with van der Waals surface area (Å²) in [5.74, 6) is -1.11. The van der Waals surface area contributed by atoms with Crippen LogP contribution in [0.25, 0.3) is 0 Å². The Bertz CT molecular complexity index is 1050. The number of carbonyl (C=O) groups excluding carboxylic acids is 2. The van der Waals surface area contributed by atoms with Crippen molar-refractivity contribution in [3.05, 3.63) is 95.6 Å². The van der Waals surface area contributed by atoms with Crippen LogP contribution in [0.4, 0.5) is 10.1 Å². The van der Waals surface area contributed by atoms with Gasteiger partial charge in [-0.1, -0.05) is 6.07 Å². The fourth-order valence-corrected chi connectivity index (χ4v) is 2.58. The predicted octanol–water partition coefficient (Wildman–Crippen LogP) is 3.80. The first kappa shape index (κ1) is 21.6. The van der Waals surface area contributed by atoms with E-state index in [0.717, 1.165) is 5.69 Å². The van der Waals surface area contributed by atoms with Crippen molar-refractivity contribution in [1.29, 1.82) is 0 Å². The van der Waals surface area contributed by atoms with Gasteiger partial charge in [-0.15, -0.1) is 0 Å². The van der Waals surface area contributed by atoms with Gasteiger partial charge in [-0.2, -0.15) is 0 Å². The molecule has 1 aromatic heterocycles. The zero-order valence-corrected chi connectivity index (χ0v) is 16.8. The molecule has 1 heterocycles. The fraction of sp³-hybridized carbons (Fsp3) is 0.130. The first-order chi connectivity index (χ1) is 15.0. The lowest BCUT2D eigenvalue weighted by atomic mass is 10.2. The molecule has 0 saturated heterocycles. The summed E-state index contributed by atoms with van der Waals surface area (Å²) in [5.41, 5.74) is 2.02. The number of nitrogens with one attached hydrogen (secondary N) is 2. The molecule has 8 heteroatoms. The van der Waals surface area contributed by atoms with Gasteiger partial charge in [0.1, 0.15) is 5.82 Å². The molecule has 0 unspecified atom stereocenters. The summed E-state index contributed by atoms with van der Waals surface area (Å²) >= 11 is 0. The van der Waals surface area contributed by atoms with E-state index in [2.05, 4.69) is 20.6 Å². The molecule has 0 atom stereocenters. The van der Waals surface area contributed by atoms with Gasteiger partial charge in [0, 0.05) is 17.4 Å². The third kappa shape index (κ3) is 6.46. The molecule has 0 aliphatic rings. The van der Waals surface area contributed by atoms with Crippen molar-refractivity contribution in [3.63, 3.8) is 0 Å². The molecule has 0 saturated carbocycles. The Kier molecular flexibility index (Phi) is 7.42. The van der Waals surface area contributed by atoms with Crippen molar-refractivity contribution in [2.24, 2.45) is 4.99 Å². The minimum atomic E-state index is -0.449. The van der Waals surface area contributed by atoms with E-state index in [1.807, 2.05) is 12.1 Å². The van der Waals surface area contributed by atoms with Gasteiger partial charge in [-0.25, -0.2) is 14.2 Å². The van der Waals surface area contributed by atoms with Crippen molar-refractivity contribution in [2.75, 3.05) is 11.9 Å². The first-order valence-corrected chi connectivity index (χ1v) is 9.60. The second kappa shape index (κ2) is 10.6. The number of hydrogen-bond acceptors (Lipinski definition) is 5. The van der Waals surface area contributed by atoms with E-state index in [1.54, 1.807) is 43.5 Å². The van der Waals surface area contributed by atoms with E-state index >= 15 is 0 Å². The minimum Gasteiger partial charge on any atom is -0.462 e. The summed E-state index contributed by atoms with van der Waals surface area (Å²) in [6.45, 7) is 2.26. The maximum absolute atomic E-state index is 13.1. The highest BCUT2D eigenvalue weighted by Crippen LogP contribution is 2.11. The SMILES string of the molecule is CCOC(=O)c1ccc(NC(=NCc2ccccn2)NC(=O)c2ccc(F)cc2)cc1. The number of halogens is 1. The van der Waals surface area contributed by atoms with Gasteiger partial charge in [-0.3, -0.25) is 15.1 Å². The molecule has 2 aromatic carbocycles. The lowest BCUT2D eigenvalue weighted by Gasteiger charge is -2.12. The second-order valence-corrected chi connectivity index (χ2v) is 6.37. The number of nitrogens with zero attached hydrogens (tertiary/aromatic N) is 2. The largest absolute Gasteiger partial charge is 0.462 e. The van der Waals surface area contributed by atoms with Crippen molar-refractivity contribution in [2.45, 2.75) is 13.5 Å². The maximum Gasteiger partial charge on any atom is 0.338 e. The number of benzene rings is 2. The highest BCUT2D eigenvalue weighted by atomic mass is 19.1. The van der Waals surface area contributed by atoms with E-state index in [9.17, 15) is 14.0 Å². The number of aliphatic imine (C=N–C) groups is 1. The summed E-state index contributed by atoms with van der Waals surface area (Å²) in [6.07, 6.45) is 1.66. The molecule has 1 amide bonds. The average Bonchev–Trinajstić information content (AvgIpc) is 2.79. The maximum atomic E-state index is 13.1. The Labute approximate surface area is 179 Å².